The number of amides is 1. The average molecular weight is 458 g/mol. The molecule has 0 aliphatic heterocycles. The summed E-state index contributed by atoms with van der Waals surface area (Å²) >= 11 is 0. The maximum absolute atomic E-state index is 12.6. The Morgan fingerprint density at radius 2 is 2.06 bits per heavy atom. The first-order chi connectivity index (χ1) is 15.7. The Morgan fingerprint density at radius 3 is 2.70 bits per heavy atom. The van der Waals surface area contributed by atoms with Crippen LogP contribution in [0.25, 0.3) is 22.5 Å². The number of imidazole rings is 1. The van der Waals surface area contributed by atoms with Gasteiger partial charge in [0.1, 0.15) is 0 Å². The van der Waals surface area contributed by atoms with Crippen LogP contribution in [-0.4, -0.2) is 39.0 Å². The largest absolute Gasteiger partial charge is 0.390 e. The van der Waals surface area contributed by atoms with Gasteiger partial charge in [-0.1, -0.05) is 12.1 Å². The molecule has 0 unspecified atom stereocenters. The van der Waals surface area contributed by atoms with Crippen LogP contribution in [0.5, 0.6) is 0 Å². The van der Waals surface area contributed by atoms with Crippen molar-refractivity contribution in [1.82, 2.24) is 19.7 Å². The molecular weight excluding hydrogens is 431 g/mol. The minimum atomic E-state index is -4.26. The lowest BCUT2D eigenvalue weighted by molar-refractivity contribution is -0.131. The molecule has 1 amide bonds. The summed E-state index contributed by atoms with van der Waals surface area (Å²) in [5.41, 5.74) is 5.03. The number of hydrogen-bond acceptors (Lipinski definition) is 4. The summed E-state index contributed by atoms with van der Waals surface area (Å²) in [5, 5.41) is 5.79. The van der Waals surface area contributed by atoms with Crippen molar-refractivity contribution in [1.29, 1.82) is 0 Å². The van der Waals surface area contributed by atoms with Gasteiger partial charge in [-0.05, 0) is 56.9 Å². The molecule has 3 aromatic rings. The first-order valence-corrected chi connectivity index (χ1v) is 10.9. The van der Waals surface area contributed by atoms with Gasteiger partial charge in [-0.2, -0.15) is 13.2 Å². The molecule has 6 nitrogen and oxygen atoms in total. The maximum Gasteiger partial charge on any atom is 0.390 e. The molecule has 33 heavy (non-hydrogen) atoms. The number of aromatic nitrogens is 3. The van der Waals surface area contributed by atoms with Crippen LogP contribution in [0.15, 0.2) is 36.7 Å². The van der Waals surface area contributed by atoms with E-state index in [-0.39, 0.29) is 18.5 Å². The highest BCUT2D eigenvalue weighted by Crippen LogP contribution is 2.28. The van der Waals surface area contributed by atoms with E-state index in [2.05, 4.69) is 20.6 Å². The summed E-state index contributed by atoms with van der Waals surface area (Å²) < 4.78 is 39.7. The van der Waals surface area contributed by atoms with Gasteiger partial charge >= 0.3 is 6.18 Å². The Balaban J connectivity index is 1.71. The molecule has 2 N–H and O–H groups in total. The Labute approximate surface area is 189 Å². The summed E-state index contributed by atoms with van der Waals surface area (Å²) in [5.74, 6) is 0.215. The van der Waals surface area contributed by atoms with Gasteiger partial charge in [0.25, 0.3) is 5.91 Å². The van der Waals surface area contributed by atoms with Crippen molar-refractivity contribution in [2.24, 2.45) is 0 Å². The molecule has 0 radical (unpaired) electrons. The molecule has 4 rings (SSSR count). The minimum absolute atomic E-state index is 0.0777. The third-order valence-electron chi connectivity index (χ3n) is 5.71. The number of hydrogen-bond donors (Lipinski definition) is 2. The number of rotatable bonds is 7. The molecule has 0 spiro atoms. The maximum atomic E-state index is 12.6. The first kappa shape index (κ1) is 22.8. The number of carbonyl (C=O) groups excluding carboxylic acids is 1. The van der Waals surface area contributed by atoms with E-state index in [4.69, 9.17) is 0 Å². The number of aryl methyl sites for hydroxylation is 1. The number of anilines is 1. The van der Waals surface area contributed by atoms with Crippen LogP contribution in [0.2, 0.25) is 0 Å². The molecule has 0 atom stereocenters. The van der Waals surface area contributed by atoms with Crippen LogP contribution >= 0.6 is 0 Å². The van der Waals surface area contributed by atoms with Gasteiger partial charge in [0.2, 0.25) is 0 Å². The van der Waals surface area contributed by atoms with Crippen LogP contribution < -0.4 is 10.6 Å². The molecule has 2 aromatic heterocycles. The van der Waals surface area contributed by atoms with Gasteiger partial charge in [0.15, 0.2) is 11.5 Å². The summed E-state index contributed by atoms with van der Waals surface area (Å²) in [4.78, 5) is 21.4. The highest BCUT2D eigenvalue weighted by atomic mass is 19.4. The van der Waals surface area contributed by atoms with Gasteiger partial charge in [0, 0.05) is 29.9 Å². The monoisotopic (exact) mass is 457 g/mol. The molecule has 1 aromatic carbocycles. The summed E-state index contributed by atoms with van der Waals surface area (Å²) in [6.45, 7) is 5.36. The van der Waals surface area contributed by atoms with E-state index in [1.807, 2.05) is 49.6 Å². The topological polar surface area (TPSA) is 71.3 Å². The summed E-state index contributed by atoms with van der Waals surface area (Å²) in [6.07, 6.45) is 2.20. The molecule has 0 bridgehead atoms. The van der Waals surface area contributed by atoms with Crippen molar-refractivity contribution in [3.8, 4) is 11.3 Å². The predicted octanol–water partition coefficient (Wildman–Crippen LogP) is 5.38. The predicted molar refractivity (Wildman–Crippen MR) is 122 cm³/mol. The zero-order valence-corrected chi connectivity index (χ0v) is 18.8. The molecule has 1 fully saturated rings. The quantitative estimate of drug-likeness (QED) is 0.499. The minimum Gasteiger partial charge on any atom is -0.367 e. The fourth-order valence-corrected chi connectivity index (χ4v) is 3.55. The van der Waals surface area contributed by atoms with Crippen LogP contribution in [0.4, 0.5) is 19.0 Å². The number of alkyl halides is 3. The van der Waals surface area contributed by atoms with Crippen molar-refractivity contribution in [2.45, 2.75) is 52.3 Å². The number of allylic oxidation sites excluding steroid dienone is 2. The fraction of sp³-hybridized carbons (Fsp3) is 0.375. The van der Waals surface area contributed by atoms with E-state index >= 15 is 0 Å². The third kappa shape index (κ3) is 5.18. The smallest absolute Gasteiger partial charge is 0.367 e. The highest BCUT2D eigenvalue weighted by Gasteiger charge is 2.27. The van der Waals surface area contributed by atoms with Gasteiger partial charge < -0.3 is 10.6 Å². The van der Waals surface area contributed by atoms with Crippen molar-refractivity contribution in [3.63, 3.8) is 0 Å². The van der Waals surface area contributed by atoms with Crippen LogP contribution in [0.3, 0.4) is 0 Å². The standard InChI is InChI=1S/C24H26F3N5O/c1-4-14(2)19-13-32-20(12-29-22(32)21(31-19)28-10-9-24(25,26)27)16-5-8-18(15(3)11-16)23(33)30-17-6-7-17/h4-5,8,11-13,17H,6-7,9-10H2,1-3H3,(H,28,31)(H,30,33)/b14-4+. The van der Waals surface area contributed by atoms with E-state index < -0.39 is 12.6 Å². The number of nitrogens with one attached hydrogen (secondary N) is 2. The zero-order valence-electron chi connectivity index (χ0n) is 18.8. The molecular formula is C24H26F3N5O. The molecule has 1 aliphatic rings. The number of benzene rings is 1. The number of nitrogens with zero attached hydrogens (tertiary/aromatic N) is 3. The van der Waals surface area contributed by atoms with E-state index in [0.29, 0.717) is 22.7 Å². The highest BCUT2D eigenvalue weighted by molar-refractivity contribution is 5.96. The fourth-order valence-electron chi connectivity index (χ4n) is 3.55. The van der Waals surface area contributed by atoms with Gasteiger partial charge in [-0.15, -0.1) is 0 Å². The SMILES string of the molecule is C/C=C(\C)c1cn2c(-c3ccc(C(=O)NC4CC4)c(C)c3)cnc2c(NCCC(F)(F)F)n1. The Kier molecular flexibility index (Phi) is 6.14. The van der Waals surface area contributed by atoms with Gasteiger partial charge in [-0.3, -0.25) is 9.20 Å². The van der Waals surface area contributed by atoms with Crippen molar-refractivity contribution >= 4 is 22.9 Å². The zero-order chi connectivity index (χ0) is 23.8. The van der Waals surface area contributed by atoms with E-state index in [0.717, 1.165) is 35.2 Å². The second-order valence-electron chi connectivity index (χ2n) is 8.35. The molecule has 2 heterocycles. The van der Waals surface area contributed by atoms with E-state index in [9.17, 15) is 18.0 Å². The lowest BCUT2D eigenvalue weighted by Gasteiger charge is -2.13. The summed E-state index contributed by atoms with van der Waals surface area (Å²) in [7, 11) is 0. The molecule has 0 saturated heterocycles. The lowest BCUT2D eigenvalue weighted by atomic mass is 10.0. The second-order valence-corrected chi connectivity index (χ2v) is 8.35. The van der Waals surface area contributed by atoms with Crippen LogP contribution in [0.1, 0.15) is 54.7 Å². The Bertz CT molecular complexity index is 1220. The first-order valence-electron chi connectivity index (χ1n) is 10.9. The van der Waals surface area contributed by atoms with Gasteiger partial charge in [0.05, 0.1) is 24.0 Å². The average Bonchev–Trinajstić information content (AvgIpc) is 3.46. The van der Waals surface area contributed by atoms with Crippen molar-refractivity contribution < 1.29 is 18.0 Å². The molecule has 174 valence electrons. The van der Waals surface area contributed by atoms with Crippen molar-refractivity contribution in [2.75, 3.05) is 11.9 Å². The molecule has 9 heteroatoms. The summed E-state index contributed by atoms with van der Waals surface area (Å²) in [6, 6.07) is 5.85. The molecule has 1 saturated carbocycles. The third-order valence-corrected chi connectivity index (χ3v) is 5.71. The Morgan fingerprint density at radius 1 is 1.30 bits per heavy atom. The number of carbonyl (C=O) groups is 1. The normalized spacial score (nSPS) is 14.5. The van der Waals surface area contributed by atoms with E-state index in [1.54, 1.807) is 12.3 Å². The molecule has 1 aliphatic carbocycles. The van der Waals surface area contributed by atoms with Crippen LogP contribution in [-0.2, 0) is 0 Å². The number of halogens is 3. The Hall–Kier alpha value is -3.36. The number of fused-ring (bicyclic) bond motifs is 1. The second kappa shape index (κ2) is 8.88. The van der Waals surface area contributed by atoms with Crippen molar-refractivity contribution in [3.05, 3.63) is 53.5 Å². The lowest BCUT2D eigenvalue weighted by Crippen LogP contribution is -2.26. The van der Waals surface area contributed by atoms with Crippen LogP contribution in [0, 0.1) is 6.92 Å². The van der Waals surface area contributed by atoms with E-state index in [1.165, 1.54) is 0 Å². The van der Waals surface area contributed by atoms with Gasteiger partial charge in [-0.25, -0.2) is 9.97 Å².